The lowest BCUT2D eigenvalue weighted by Gasteiger charge is -2.34. The fourth-order valence-corrected chi connectivity index (χ4v) is 3.87. The minimum absolute atomic E-state index is 0.441. The fraction of sp³-hybridized carbons (Fsp3) is 0.280. The molecule has 5 heteroatoms. The molecule has 1 fully saturated rings. The van der Waals surface area contributed by atoms with Crippen LogP contribution in [0.15, 0.2) is 84.0 Å². The second kappa shape index (κ2) is 9.92. The van der Waals surface area contributed by atoms with Gasteiger partial charge in [-0.3, -0.25) is 9.98 Å². The van der Waals surface area contributed by atoms with Gasteiger partial charge in [0.25, 0.3) is 0 Å². The molecule has 1 aliphatic rings. The number of hydrogen-bond acceptors (Lipinski definition) is 3. The fourth-order valence-electron chi connectivity index (χ4n) is 3.87. The Hall–Kier alpha value is -3.34. The summed E-state index contributed by atoms with van der Waals surface area (Å²) in [7, 11) is 1.83. The number of pyridine rings is 1. The molecule has 3 aromatic rings. The predicted molar refractivity (Wildman–Crippen MR) is 125 cm³/mol. The second-order valence-corrected chi connectivity index (χ2v) is 7.58. The maximum absolute atomic E-state index is 4.45. The zero-order valence-electron chi connectivity index (χ0n) is 17.5. The van der Waals surface area contributed by atoms with Crippen molar-refractivity contribution in [3.63, 3.8) is 0 Å². The van der Waals surface area contributed by atoms with Gasteiger partial charge < -0.3 is 15.5 Å². The molecular formula is C25H29N5. The van der Waals surface area contributed by atoms with Crippen LogP contribution in [0.1, 0.15) is 18.4 Å². The summed E-state index contributed by atoms with van der Waals surface area (Å²) in [5, 5.41) is 7.05. The molecule has 0 radical (unpaired) electrons. The first-order chi connectivity index (χ1) is 14.8. The lowest BCUT2D eigenvalue weighted by molar-refractivity contribution is 0.461. The molecule has 1 aromatic heterocycles. The summed E-state index contributed by atoms with van der Waals surface area (Å²) >= 11 is 0. The van der Waals surface area contributed by atoms with E-state index in [1.165, 1.54) is 11.3 Å². The molecule has 0 amide bonds. The van der Waals surface area contributed by atoms with E-state index in [-0.39, 0.29) is 0 Å². The number of nitrogens with zero attached hydrogens (tertiary/aromatic N) is 3. The van der Waals surface area contributed by atoms with E-state index in [9.17, 15) is 0 Å². The minimum Gasteiger partial charge on any atom is -0.371 e. The highest BCUT2D eigenvalue weighted by Gasteiger charge is 2.20. The summed E-state index contributed by atoms with van der Waals surface area (Å²) in [5.74, 6) is 0.858. The van der Waals surface area contributed by atoms with Crippen molar-refractivity contribution in [1.29, 1.82) is 0 Å². The quantitative estimate of drug-likeness (QED) is 0.501. The summed E-state index contributed by atoms with van der Waals surface area (Å²) in [5.41, 5.74) is 4.64. The van der Waals surface area contributed by atoms with E-state index < -0.39 is 0 Å². The van der Waals surface area contributed by atoms with Crippen molar-refractivity contribution in [2.75, 3.05) is 25.0 Å². The molecule has 0 atom stereocenters. The molecule has 4 rings (SSSR count). The molecule has 0 bridgehead atoms. The topological polar surface area (TPSA) is 52.6 Å². The first-order valence-electron chi connectivity index (χ1n) is 10.6. The normalized spacial score (nSPS) is 15.1. The highest BCUT2D eigenvalue weighted by molar-refractivity contribution is 5.80. The molecule has 30 heavy (non-hydrogen) atoms. The van der Waals surface area contributed by atoms with E-state index in [1.54, 1.807) is 0 Å². The van der Waals surface area contributed by atoms with Crippen LogP contribution < -0.4 is 15.5 Å². The van der Waals surface area contributed by atoms with E-state index in [4.69, 9.17) is 0 Å². The van der Waals surface area contributed by atoms with Crippen LogP contribution in [-0.4, -0.2) is 37.1 Å². The van der Waals surface area contributed by atoms with Gasteiger partial charge >= 0.3 is 0 Å². The average Bonchev–Trinajstić information content (AvgIpc) is 2.83. The number of nitrogens with one attached hydrogen (secondary N) is 2. The summed E-state index contributed by atoms with van der Waals surface area (Å²) in [4.78, 5) is 11.3. The zero-order valence-corrected chi connectivity index (χ0v) is 17.5. The standard InChI is InChI=1S/C25H29N5/c1-26-25(29-22-13-16-30(17-14-22)23-10-3-2-4-11-23)28-19-20-8-7-9-21(18-20)24-12-5-6-15-27-24/h2-12,15,18,22H,13-14,16-17,19H2,1H3,(H2,26,28,29). The van der Waals surface area contributed by atoms with Gasteiger partial charge in [-0.2, -0.15) is 0 Å². The smallest absolute Gasteiger partial charge is 0.191 e. The lowest BCUT2D eigenvalue weighted by atomic mass is 10.0. The molecular weight excluding hydrogens is 370 g/mol. The molecule has 2 heterocycles. The van der Waals surface area contributed by atoms with Crippen molar-refractivity contribution in [2.24, 2.45) is 4.99 Å². The van der Waals surface area contributed by atoms with Crippen LogP contribution in [0, 0.1) is 0 Å². The van der Waals surface area contributed by atoms with E-state index >= 15 is 0 Å². The Bertz CT molecular complexity index is 948. The summed E-state index contributed by atoms with van der Waals surface area (Å²) < 4.78 is 0. The number of rotatable bonds is 5. The highest BCUT2D eigenvalue weighted by atomic mass is 15.2. The van der Waals surface area contributed by atoms with Crippen molar-refractivity contribution < 1.29 is 0 Å². The molecule has 0 unspecified atom stereocenters. The summed E-state index contributed by atoms with van der Waals surface area (Å²) in [6, 6.07) is 25.6. The number of piperidine rings is 1. The van der Waals surface area contributed by atoms with E-state index in [2.05, 4.69) is 80.1 Å². The van der Waals surface area contributed by atoms with E-state index in [0.29, 0.717) is 6.04 Å². The number of anilines is 1. The van der Waals surface area contributed by atoms with Crippen molar-refractivity contribution >= 4 is 11.6 Å². The number of para-hydroxylation sites is 1. The molecule has 2 aromatic carbocycles. The Morgan fingerprint density at radius 3 is 2.53 bits per heavy atom. The predicted octanol–water partition coefficient (Wildman–Crippen LogP) is 4.08. The van der Waals surface area contributed by atoms with Crippen LogP contribution in [-0.2, 0) is 6.54 Å². The van der Waals surface area contributed by atoms with Gasteiger partial charge in [0.15, 0.2) is 5.96 Å². The molecule has 0 aliphatic carbocycles. The Balaban J connectivity index is 1.29. The Labute approximate surface area is 178 Å². The van der Waals surface area contributed by atoms with Crippen LogP contribution in [0.25, 0.3) is 11.3 Å². The first-order valence-corrected chi connectivity index (χ1v) is 10.6. The third kappa shape index (κ3) is 5.17. The van der Waals surface area contributed by atoms with Gasteiger partial charge in [-0.25, -0.2) is 0 Å². The Morgan fingerprint density at radius 1 is 1.00 bits per heavy atom. The van der Waals surface area contributed by atoms with Crippen molar-refractivity contribution in [3.05, 3.63) is 84.6 Å². The molecule has 2 N–H and O–H groups in total. The average molecular weight is 400 g/mol. The number of guanidine groups is 1. The monoisotopic (exact) mass is 399 g/mol. The number of aromatic nitrogens is 1. The van der Waals surface area contributed by atoms with Crippen molar-refractivity contribution in [3.8, 4) is 11.3 Å². The minimum atomic E-state index is 0.441. The molecule has 1 aliphatic heterocycles. The van der Waals surface area contributed by atoms with Gasteiger partial charge in [0.05, 0.1) is 5.69 Å². The largest absolute Gasteiger partial charge is 0.371 e. The van der Waals surface area contributed by atoms with Gasteiger partial charge in [0.1, 0.15) is 0 Å². The third-order valence-electron chi connectivity index (χ3n) is 5.53. The number of benzene rings is 2. The first kappa shape index (κ1) is 20.0. The van der Waals surface area contributed by atoms with Crippen LogP contribution in [0.2, 0.25) is 0 Å². The maximum atomic E-state index is 4.45. The summed E-state index contributed by atoms with van der Waals surface area (Å²) in [6.07, 6.45) is 4.03. The third-order valence-corrected chi connectivity index (χ3v) is 5.53. The van der Waals surface area contributed by atoms with Gasteiger partial charge in [-0.15, -0.1) is 0 Å². The van der Waals surface area contributed by atoms with Crippen molar-refractivity contribution in [1.82, 2.24) is 15.6 Å². The van der Waals surface area contributed by atoms with E-state index in [1.807, 2.05) is 31.4 Å². The van der Waals surface area contributed by atoms with Gasteiger partial charge in [0, 0.05) is 50.2 Å². The SMILES string of the molecule is CN=C(NCc1cccc(-c2ccccn2)c1)NC1CCN(c2ccccc2)CC1. The van der Waals surface area contributed by atoms with Crippen LogP contribution in [0.3, 0.4) is 0 Å². The highest BCUT2D eigenvalue weighted by Crippen LogP contribution is 2.20. The van der Waals surface area contributed by atoms with Gasteiger partial charge in [0.2, 0.25) is 0 Å². The molecule has 1 saturated heterocycles. The molecule has 5 nitrogen and oxygen atoms in total. The Kier molecular flexibility index (Phi) is 6.60. The second-order valence-electron chi connectivity index (χ2n) is 7.58. The van der Waals surface area contributed by atoms with Crippen molar-refractivity contribution in [2.45, 2.75) is 25.4 Å². The van der Waals surface area contributed by atoms with Crippen LogP contribution in [0.4, 0.5) is 5.69 Å². The lowest BCUT2D eigenvalue weighted by Crippen LogP contribution is -2.48. The van der Waals surface area contributed by atoms with Crippen LogP contribution >= 0.6 is 0 Å². The van der Waals surface area contributed by atoms with Gasteiger partial charge in [-0.05, 0) is 48.7 Å². The van der Waals surface area contributed by atoms with Crippen LogP contribution in [0.5, 0.6) is 0 Å². The van der Waals surface area contributed by atoms with E-state index in [0.717, 1.165) is 49.7 Å². The Morgan fingerprint density at radius 2 is 1.80 bits per heavy atom. The zero-order chi connectivity index (χ0) is 20.6. The number of aliphatic imine (C=N–C) groups is 1. The molecule has 0 spiro atoms. The maximum Gasteiger partial charge on any atom is 0.191 e. The molecule has 0 saturated carbocycles. The number of hydrogen-bond donors (Lipinski definition) is 2. The van der Waals surface area contributed by atoms with Gasteiger partial charge in [-0.1, -0.05) is 42.5 Å². The summed E-state index contributed by atoms with van der Waals surface area (Å²) in [6.45, 7) is 2.85. The molecule has 154 valence electrons.